The first-order valence-corrected chi connectivity index (χ1v) is 4.79. The second kappa shape index (κ2) is 4.42. The van der Waals surface area contributed by atoms with E-state index in [1.54, 1.807) is 30.5 Å². The van der Waals surface area contributed by atoms with Crippen LogP contribution in [0.25, 0.3) is 0 Å². The lowest BCUT2D eigenvalue weighted by Crippen LogP contribution is -1.91. The summed E-state index contributed by atoms with van der Waals surface area (Å²) in [5.74, 6) is 0.741. The molecule has 0 radical (unpaired) electrons. The third-order valence-corrected chi connectivity index (χ3v) is 2.03. The van der Waals surface area contributed by atoms with E-state index in [4.69, 9.17) is 27.9 Å². The molecule has 2 rings (SSSR count). The Bertz CT molecular complexity index is 461. The van der Waals surface area contributed by atoms with E-state index in [-0.39, 0.29) is 5.15 Å². The van der Waals surface area contributed by atoms with Gasteiger partial charge in [-0.05, 0) is 18.2 Å². The summed E-state index contributed by atoms with van der Waals surface area (Å²) in [4.78, 5) is 3.86. The van der Waals surface area contributed by atoms with Crippen LogP contribution < -0.4 is 4.74 Å². The number of nitrogens with zero attached hydrogens (tertiary/aromatic N) is 3. The molecule has 0 N–H and O–H groups in total. The van der Waals surface area contributed by atoms with E-state index in [1.807, 2.05) is 0 Å². The van der Waals surface area contributed by atoms with E-state index in [2.05, 4.69) is 15.2 Å². The normalized spacial score (nSPS) is 10.0. The maximum absolute atomic E-state index is 5.80. The van der Waals surface area contributed by atoms with Gasteiger partial charge in [-0.2, -0.15) is 0 Å². The van der Waals surface area contributed by atoms with Gasteiger partial charge in [0.1, 0.15) is 0 Å². The van der Waals surface area contributed by atoms with E-state index < -0.39 is 0 Å². The second-order valence-electron chi connectivity index (χ2n) is 2.59. The van der Waals surface area contributed by atoms with Crippen molar-refractivity contribution in [1.82, 2.24) is 15.2 Å². The molecule has 0 aliphatic rings. The molecule has 0 aliphatic carbocycles. The molecule has 0 fully saturated rings. The quantitative estimate of drug-likeness (QED) is 0.759. The highest BCUT2D eigenvalue weighted by molar-refractivity contribution is 6.30. The third-order valence-electron chi connectivity index (χ3n) is 1.55. The fourth-order valence-electron chi connectivity index (χ4n) is 0.918. The smallest absolute Gasteiger partial charge is 0.239 e. The van der Waals surface area contributed by atoms with Crippen LogP contribution in [0.2, 0.25) is 10.3 Å². The van der Waals surface area contributed by atoms with E-state index in [1.165, 1.54) is 0 Å². The predicted molar refractivity (Wildman–Crippen MR) is 56.4 cm³/mol. The highest BCUT2D eigenvalue weighted by Gasteiger charge is 2.04. The summed E-state index contributed by atoms with van der Waals surface area (Å²) in [6.07, 6.45) is 1.57. The summed E-state index contributed by atoms with van der Waals surface area (Å²) >= 11 is 11.4. The zero-order valence-electron chi connectivity index (χ0n) is 7.39. The van der Waals surface area contributed by atoms with Crippen molar-refractivity contribution in [3.8, 4) is 11.6 Å². The Labute approximate surface area is 95.8 Å². The summed E-state index contributed by atoms with van der Waals surface area (Å²) in [5, 5.41) is 7.93. The summed E-state index contributed by atoms with van der Waals surface area (Å²) in [7, 11) is 0. The lowest BCUT2D eigenvalue weighted by Gasteiger charge is -2.03. The predicted octanol–water partition coefficient (Wildman–Crippen LogP) is 2.97. The van der Waals surface area contributed by atoms with E-state index in [0.717, 1.165) is 0 Å². The lowest BCUT2D eigenvalue weighted by atomic mass is 10.4. The number of aromatic nitrogens is 3. The van der Waals surface area contributed by atoms with Crippen LogP contribution in [0.5, 0.6) is 11.6 Å². The topological polar surface area (TPSA) is 47.9 Å². The van der Waals surface area contributed by atoms with Gasteiger partial charge in [-0.25, -0.2) is 4.98 Å². The second-order valence-corrected chi connectivity index (χ2v) is 3.33. The minimum atomic E-state index is 0.272. The fraction of sp³-hybridized carbons (Fsp3) is 0. The molecule has 0 aromatic carbocycles. The molecule has 76 valence electrons. The largest absolute Gasteiger partial charge is 0.434 e. The van der Waals surface area contributed by atoms with Crippen LogP contribution in [0.15, 0.2) is 30.5 Å². The molecule has 0 spiro atoms. The zero-order valence-corrected chi connectivity index (χ0v) is 8.90. The highest BCUT2D eigenvalue weighted by atomic mass is 35.5. The van der Waals surface area contributed by atoms with Gasteiger partial charge in [0, 0.05) is 12.3 Å². The van der Waals surface area contributed by atoms with Crippen LogP contribution in [0.3, 0.4) is 0 Å². The van der Waals surface area contributed by atoms with Gasteiger partial charge in [0.15, 0.2) is 16.1 Å². The number of rotatable bonds is 2. The lowest BCUT2D eigenvalue weighted by molar-refractivity contribution is 0.453. The summed E-state index contributed by atoms with van der Waals surface area (Å²) < 4.78 is 5.34. The molecule has 15 heavy (non-hydrogen) atoms. The van der Waals surface area contributed by atoms with Gasteiger partial charge in [0.25, 0.3) is 0 Å². The summed E-state index contributed by atoms with van der Waals surface area (Å²) in [6, 6.07) is 6.57. The minimum absolute atomic E-state index is 0.272. The van der Waals surface area contributed by atoms with Crippen LogP contribution >= 0.6 is 23.2 Å². The molecule has 0 atom stereocenters. The van der Waals surface area contributed by atoms with Crippen molar-refractivity contribution in [3.63, 3.8) is 0 Å². The fourth-order valence-corrected chi connectivity index (χ4v) is 1.18. The number of ether oxygens (including phenoxy) is 1. The van der Waals surface area contributed by atoms with Gasteiger partial charge in [0.05, 0.1) is 0 Å². The van der Waals surface area contributed by atoms with Crippen LogP contribution in [0.4, 0.5) is 0 Å². The Balaban J connectivity index is 2.22. The minimum Gasteiger partial charge on any atom is -0.434 e. The van der Waals surface area contributed by atoms with Crippen molar-refractivity contribution in [2.75, 3.05) is 0 Å². The number of halogens is 2. The molecular weight excluding hydrogens is 237 g/mol. The monoisotopic (exact) mass is 241 g/mol. The van der Waals surface area contributed by atoms with Gasteiger partial charge >= 0.3 is 0 Å². The Kier molecular flexibility index (Phi) is 2.99. The molecule has 0 saturated carbocycles. The average Bonchev–Trinajstić information content (AvgIpc) is 2.25. The Morgan fingerprint density at radius 2 is 1.93 bits per heavy atom. The van der Waals surface area contributed by atoms with Crippen LogP contribution in [-0.4, -0.2) is 15.2 Å². The number of hydrogen-bond acceptors (Lipinski definition) is 4. The van der Waals surface area contributed by atoms with Gasteiger partial charge in [-0.15, -0.1) is 10.2 Å². The molecule has 4 nitrogen and oxygen atoms in total. The van der Waals surface area contributed by atoms with Crippen molar-refractivity contribution in [3.05, 3.63) is 40.8 Å². The van der Waals surface area contributed by atoms with Crippen molar-refractivity contribution in [2.45, 2.75) is 0 Å². The van der Waals surface area contributed by atoms with Gasteiger partial charge in [-0.3, -0.25) is 0 Å². The molecule has 0 aliphatic heterocycles. The Morgan fingerprint density at radius 1 is 1.07 bits per heavy atom. The molecule has 0 amide bonds. The highest BCUT2D eigenvalue weighted by Crippen LogP contribution is 2.25. The Morgan fingerprint density at radius 3 is 2.60 bits per heavy atom. The van der Waals surface area contributed by atoms with Crippen molar-refractivity contribution < 1.29 is 4.74 Å². The number of hydrogen-bond donors (Lipinski definition) is 0. The van der Waals surface area contributed by atoms with Crippen LogP contribution in [0.1, 0.15) is 0 Å². The third kappa shape index (κ3) is 2.55. The zero-order chi connectivity index (χ0) is 10.7. The first kappa shape index (κ1) is 10.1. The molecule has 2 heterocycles. The maximum atomic E-state index is 5.80. The molecule has 0 saturated heterocycles. The molecule has 2 aromatic heterocycles. The maximum Gasteiger partial charge on any atom is 0.239 e. The summed E-state index contributed by atoms with van der Waals surface area (Å²) in [6.45, 7) is 0. The van der Waals surface area contributed by atoms with Crippen molar-refractivity contribution in [2.24, 2.45) is 0 Å². The van der Waals surface area contributed by atoms with Gasteiger partial charge in [0.2, 0.25) is 5.88 Å². The van der Waals surface area contributed by atoms with Gasteiger partial charge < -0.3 is 4.74 Å². The van der Waals surface area contributed by atoms with E-state index in [9.17, 15) is 0 Å². The van der Waals surface area contributed by atoms with Crippen molar-refractivity contribution in [1.29, 1.82) is 0 Å². The standard InChI is InChI=1S/C9H5Cl2N3O/c10-7-3-4-8(14-13-7)15-6-2-1-5-12-9(6)11/h1-5H. The molecule has 0 bridgehead atoms. The van der Waals surface area contributed by atoms with Crippen molar-refractivity contribution >= 4 is 23.2 Å². The van der Waals surface area contributed by atoms with E-state index >= 15 is 0 Å². The molecule has 2 aromatic rings. The summed E-state index contributed by atoms with van der Waals surface area (Å²) in [5.41, 5.74) is 0. The van der Waals surface area contributed by atoms with E-state index in [0.29, 0.717) is 16.8 Å². The molecule has 0 unspecified atom stereocenters. The Hall–Kier alpha value is -1.39. The SMILES string of the molecule is Clc1ccc(Oc2cccnc2Cl)nn1. The van der Waals surface area contributed by atoms with Crippen LogP contribution in [0, 0.1) is 0 Å². The first-order valence-electron chi connectivity index (χ1n) is 4.03. The number of pyridine rings is 1. The average molecular weight is 242 g/mol. The molecule has 6 heteroatoms. The first-order chi connectivity index (χ1) is 7.25. The molecular formula is C9H5Cl2N3O. The van der Waals surface area contributed by atoms with Crippen LogP contribution in [-0.2, 0) is 0 Å². The van der Waals surface area contributed by atoms with Gasteiger partial charge in [-0.1, -0.05) is 23.2 Å².